The zero-order valence-electron chi connectivity index (χ0n) is 13.6. The van der Waals surface area contributed by atoms with Gasteiger partial charge in [0.05, 0.1) is 14.2 Å². The first kappa shape index (κ1) is 16.4. The molecule has 0 radical (unpaired) electrons. The molecule has 0 spiro atoms. The van der Waals surface area contributed by atoms with Crippen molar-refractivity contribution in [1.82, 2.24) is 5.32 Å². The molecule has 2 aromatic carbocycles. The molecule has 0 aliphatic heterocycles. The number of ether oxygens (including phenoxy) is 2. The number of hydrogen-bond acceptors (Lipinski definition) is 3. The highest BCUT2D eigenvalue weighted by atomic mass is 16.5. The first-order valence-electron chi connectivity index (χ1n) is 7.71. The Bertz CT molecular complexity index is 569. The number of methoxy groups -OCH3 is 2. The van der Waals surface area contributed by atoms with Crippen LogP contribution in [0.25, 0.3) is 0 Å². The highest BCUT2D eigenvalue weighted by Crippen LogP contribution is 2.23. The molecule has 2 aromatic rings. The van der Waals surface area contributed by atoms with Gasteiger partial charge in [-0.1, -0.05) is 30.3 Å². The van der Waals surface area contributed by atoms with Crippen LogP contribution in [-0.4, -0.2) is 20.3 Å². The van der Waals surface area contributed by atoms with Crippen molar-refractivity contribution in [2.75, 3.05) is 14.2 Å². The van der Waals surface area contributed by atoms with E-state index in [4.69, 9.17) is 9.47 Å². The topological polar surface area (TPSA) is 30.5 Å². The minimum absolute atomic E-state index is 0.441. The maximum Gasteiger partial charge on any atom is 0.123 e. The summed E-state index contributed by atoms with van der Waals surface area (Å²) in [6.07, 6.45) is 2.19. The minimum atomic E-state index is 0.441. The number of rotatable bonds is 8. The van der Waals surface area contributed by atoms with E-state index in [1.165, 1.54) is 5.56 Å². The molecule has 0 bridgehead atoms. The largest absolute Gasteiger partial charge is 0.497 e. The third-order valence-electron chi connectivity index (χ3n) is 3.84. The Morgan fingerprint density at radius 2 is 1.77 bits per heavy atom. The average molecular weight is 299 g/mol. The molecule has 2 rings (SSSR count). The summed E-state index contributed by atoms with van der Waals surface area (Å²) in [5, 5.41) is 3.56. The van der Waals surface area contributed by atoms with Gasteiger partial charge in [0.25, 0.3) is 0 Å². The molecule has 0 fully saturated rings. The Labute approximate surface area is 133 Å². The van der Waals surface area contributed by atoms with Crippen molar-refractivity contribution in [2.24, 2.45) is 0 Å². The van der Waals surface area contributed by atoms with E-state index < -0.39 is 0 Å². The van der Waals surface area contributed by atoms with Gasteiger partial charge in [-0.05, 0) is 43.5 Å². The molecule has 3 heteroatoms. The number of aryl methyl sites for hydroxylation is 1. The van der Waals surface area contributed by atoms with E-state index in [-0.39, 0.29) is 0 Å². The molecular formula is C19H25NO2. The first-order chi connectivity index (χ1) is 10.7. The van der Waals surface area contributed by atoms with Crippen LogP contribution in [0.2, 0.25) is 0 Å². The zero-order chi connectivity index (χ0) is 15.8. The quantitative estimate of drug-likeness (QED) is 0.804. The highest BCUT2D eigenvalue weighted by molar-refractivity contribution is 5.40. The molecule has 1 N–H and O–H groups in total. The Morgan fingerprint density at radius 1 is 1.00 bits per heavy atom. The highest BCUT2D eigenvalue weighted by Gasteiger charge is 2.07. The van der Waals surface area contributed by atoms with Crippen LogP contribution < -0.4 is 14.8 Å². The second kappa shape index (κ2) is 8.44. The third-order valence-corrected chi connectivity index (χ3v) is 3.84. The number of nitrogens with one attached hydrogen (secondary N) is 1. The molecule has 22 heavy (non-hydrogen) atoms. The molecular weight excluding hydrogens is 274 g/mol. The fourth-order valence-corrected chi connectivity index (χ4v) is 2.43. The van der Waals surface area contributed by atoms with Crippen LogP contribution in [0.3, 0.4) is 0 Å². The summed E-state index contributed by atoms with van der Waals surface area (Å²) in [6.45, 7) is 2.99. The van der Waals surface area contributed by atoms with Gasteiger partial charge in [-0.15, -0.1) is 0 Å². The van der Waals surface area contributed by atoms with Crippen molar-refractivity contribution in [1.29, 1.82) is 0 Å². The van der Waals surface area contributed by atoms with Crippen LogP contribution >= 0.6 is 0 Å². The molecule has 3 nitrogen and oxygen atoms in total. The summed E-state index contributed by atoms with van der Waals surface area (Å²) in [6, 6.07) is 16.9. The van der Waals surface area contributed by atoms with E-state index in [1.54, 1.807) is 14.2 Å². The minimum Gasteiger partial charge on any atom is -0.497 e. The molecule has 0 amide bonds. The van der Waals surface area contributed by atoms with E-state index in [2.05, 4.69) is 42.6 Å². The molecule has 0 aromatic heterocycles. The molecule has 0 unspecified atom stereocenters. The van der Waals surface area contributed by atoms with Gasteiger partial charge in [-0.3, -0.25) is 0 Å². The van der Waals surface area contributed by atoms with Gasteiger partial charge in [0.2, 0.25) is 0 Å². The van der Waals surface area contributed by atoms with Crippen molar-refractivity contribution < 1.29 is 9.47 Å². The van der Waals surface area contributed by atoms with Crippen LogP contribution in [0.15, 0.2) is 48.5 Å². The standard InChI is InChI=1S/C19H25NO2/c1-15(9-10-16-7-5-4-6-8-16)20-14-17-13-18(21-2)11-12-19(17)22-3/h4-8,11-13,15,20H,9-10,14H2,1-3H3/t15-/m1/s1. The second-order valence-corrected chi connectivity index (χ2v) is 5.48. The predicted molar refractivity (Wildman–Crippen MR) is 90.6 cm³/mol. The lowest BCUT2D eigenvalue weighted by Gasteiger charge is -2.16. The van der Waals surface area contributed by atoms with Crippen LogP contribution in [0, 0.1) is 0 Å². The molecule has 0 saturated carbocycles. The van der Waals surface area contributed by atoms with Gasteiger partial charge in [0.15, 0.2) is 0 Å². The van der Waals surface area contributed by atoms with E-state index in [9.17, 15) is 0 Å². The monoisotopic (exact) mass is 299 g/mol. The summed E-state index contributed by atoms with van der Waals surface area (Å²) in [5.74, 6) is 1.75. The fraction of sp³-hybridized carbons (Fsp3) is 0.368. The lowest BCUT2D eigenvalue weighted by Crippen LogP contribution is -2.26. The second-order valence-electron chi connectivity index (χ2n) is 5.48. The summed E-state index contributed by atoms with van der Waals surface area (Å²) < 4.78 is 10.7. The Morgan fingerprint density at radius 3 is 2.45 bits per heavy atom. The molecule has 0 saturated heterocycles. The Kier molecular flexibility index (Phi) is 6.28. The predicted octanol–water partition coefficient (Wildman–Crippen LogP) is 3.81. The van der Waals surface area contributed by atoms with Crippen LogP contribution in [-0.2, 0) is 13.0 Å². The molecule has 1 atom stereocenters. The maximum absolute atomic E-state index is 5.41. The smallest absolute Gasteiger partial charge is 0.123 e. The van der Waals surface area contributed by atoms with Gasteiger partial charge in [-0.25, -0.2) is 0 Å². The van der Waals surface area contributed by atoms with Crippen molar-refractivity contribution >= 4 is 0 Å². The van der Waals surface area contributed by atoms with Crippen molar-refractivity contribution in [2.45, 2.75) is 32.4 Å². The lowest BCUT2D eigenvalue weighted by molar-refractivity contribution is 0.394. The van der Waals surface area contributed by atoms with Gasteiger partial charge >= 0.3 is 0 Å². The summed E-state index contributed by atoms with van der Waals surface area (Å²) >= 11 is 0. The summed E-state index contributed by atoms with van der Waals surface area (Å²) in [5.41, 5.74) is 2.50. The SMILES string of the molecule is COc1ccc(OC)c(CN[C@H](C)CCc2ccccc2)c1. The van der Waals surface area contributed by atoms with E-state index in [1.807, 2.05) is 18.2 Å². The van der Waals surface area contributed by atoms with Gasteiger partial charge in [0, 0.05) is 18.2 Å². The van der Waals surface area contributed by atoms with Gasteiger partial charge < -0.3 is 14.8 Å². The normalized spacial score (nSPS) is 12.0. The average Bonchev–Trinajstić information content (AvgIpc) is 2.58. The van der Waals surface area contributed by atoms with Crippen molar-refractivity contribution in [3.8, 4) is 11.5 Å². The molecule has 118 valence electrons. The summed E-state index contributed by atoms with van der Waals surface area (Å²) in [4.78, 5) is 0. The number of hydrogen-bond donors (Lipinski definition) is 1. The lowest BCUT2D eigenvalue weighted by atomic mass is 10.1. The van der Waals surface area contributed by atoms with Crippen LogP contribution in [0.4, 0.5) is 0 Å². The summed E-state index contributed by atoms with van der Waals surface area (Å²) in [7, 11) is 3.38. The van der Waals surface area contributed by atoms with E-state index >= 15 is 0 Å². The molecule has 0 heterocycles. The van der Waals surface area contributed by atoms with E-state index in [0.29, 0.717) is 6.04 Å². The van der Waals surface area contributed by atoms with Crippen LogP contribution in [0.5, 0.6) is 11.5 Å². The maximum atomic E-state index is 5.41. The van der Waals surface area contributed by atoms with Gasteiger partial charge in [0.1, 0.15) is 11.5 Å². The zero-order valence-corrected chi connectivity index (χ0v) is 13.6. The van der Waals surface area contributed by atoms with Crippen molar-refractivity contribution in [3.05, 3.63) is 59.7 Å². The Balaban J connectivity index is 1.86. The fourth-order valence-electron chi connectivity index (χ4n) is 2.43. The first-order valence-corrected chi connectivity index (χ1v) is 7.71. The van der Waals surface area contributed by atoms with Crippen molar-refractivity contribution in [3.63, 3.8) is 0 Å². The third kappa shape index (κ3) is 4.78. The molecule has 0 aliphatic rings. The molecule has 0 aliphatic carbocycles. The van der Waals surface area contributed by atoms with Crippen LogP contribution in [0.1, 0.15) is 24.5 Å². The van der Waals surface area contributed by atoms with Gasteiger partial charge in [-0.2, -0.15) is 0 Å². The van der Waals surface area contributed by atoms with E-state index in [0.717, 1.165) is 36.4 Å². The number of benzene rings is 2. The Hall–Kier alpha value is -2.00.